The molecule has 1 N–H and O–H groups in total. The number of amides is 1. The second-order valence-corrected chi connectivity index (χ2v) is 4.41. The van der Waals surface area contributed by atoms with E-state index >= 15 is 0 Å². The van der Waals surface area contributed by atoms with E-state index < -0.39 is 0 Å². The molecule has 21 heavy (non-hydrogen) atoms. The van der Waals surface area contributed by atoms with Crippen molar-refractivity contribution in [1.82, 2.24) is 15.3 Å². The van der Waals surface area contributed by atoms with Crippen LogP contribution in [0, 0.1) is 0 Å². The molecule has 0 bridgehead atoms. The van der Waals surface area contributed by atoms with Crippen molar-refractivity contribution >= 4 is 5.91 Å². The lowest BCUT2D eigenvalue weighted by atomic mass is 10.2. The fourth-order valence-electron chi connectivity index (χ4n) is 1.88. The first-order valence-electron chi connectivity index (χ1n) is 6.51. The number of pyridine rings is 1. The Hall–Kier alpha value is -2.95. The van der Waals surface area contributed by atoms with E-state index in [-0.39, 0.29) is 12.5 Å². The minimum atomic E-state index is -0.206. The van der Waals surface area contributed by atoms with Crippen LogP contribution in [0.25, 0.3) is 11.3 Å². The van der Waals surface area contributed by atoms with E-state index in [0.717, 1.165) is 5.56 Å². The molecule has 0 fully saturated rings. The molecule has 5 heteroatoms. The number of aromatic nitrogens is 2. The van der Waals surface area contributed by atoms with Crippen LogP contribution in [-0.2, 0) is 6.54 Å². The number of hydrogen-bond donors (Lipinski definition) is 1. The Bertz CT molecular complexity index is 724. The molecule has 0 aliphatic heterocycles. The number of nitrogens with one attached hydrogen (secondary N) is 1. The third-order valence-corrected chi connectivity index (χ3v) is 2.94. The summed E-state index contributed by atoms with van der Waals surface area (Å²) in [6, 6.07) is 13.1. The Balaban J connectivity index is 1.64. The van der Waals surface area contributed by atoms with E-state index in [4.69, 9.17) is 4.42 Å². The number of oxazole rings is 1. The van der Waals surface area contributed by atoms with Gasteiger partial charge in [0.1, 0.15) is 0 Å². The van der Waals surface area contributed by atoms with Crippen LogP contribution in [0.5, 0.6) is 0 Å². The first kappa shape index (κ1) is 13.1. The maximum atomic E-state index is 11.9. The molecule has 0 radical (unpaired) electrons. The molecule has 0 aliphatic carbocycles. The zero-order chi connectivity index (χ0) is 14.5. The highest BCUT2D eigenvalue weighted by molar-refractivity contribution is 5.93. The predicted molar refractivity (Wildman–Crippen MR) is 77.3 cm³/mol. The fraction of sp³-hybridized carbons (Fsp3) is 0.0625. The number of rotatable bonds is 4. The highest BCUT2D eigenvalue weighted by Gasteiger charge is 2.09. The minimum Gasteiger partial charge on any atom is -0.439 e. The highest BCUT2D eigenvalue weighted by atomic mass is 16.4. The molecule has 104 valence electrons. The Morgan fingerprint density at radius 1 is 1.10 bits per heavy atom. The Morgan fingerprint density at radius 2 is 1.95 bits per heavy atom. The van der Waals surface area contributed by atoms with Gasteiger partial charge in [-0.3, -0.25) is 9.78 Å². The summed E-state index contributed by atoms with van der Waals surface area (Å²) in [5.41, 5.74) is 1.46. The van der Waals surface area contributed by atoms with Crippen LogP contribution < -0.4 is 5.32 Å². The smallest absolute Gasteiger partial charge is 0.253 e. The van der Waals surface area contributed by atoms with Crippen LogP contribution >= 0.6 is 0 Å². The lowest BCUT2D eigenvalue weighted by molar-refractivity contribution is 0.0947. The molecule has 0 spiro atoms. The number of benzene rings is 1. The third kappa shape index (κ3) is 3.14. The van der Waals surface area contributed by atoms with E-state index in [0.29, 0.717) is 17.2 Å². The van der Waals surface area contributed by atoms with Crippen LogP contribution in [0.3, 0.4) is 0 Å². The summed E-state index contributed by atoms with van der Waals surface area (Å²) in [4.78, 5) is 19.9. The van der Waals surface area contributed by atoms with Crippen LogP contribution in [0.1, 0.15) is 16.2 Å². The van der Waals surface area contributed by atoms with Gasteiger partial charge in [0.15, 0.2) is 5.76 Å². The zero-order valence-electron chi connectivity index (χ0n) is 11.2. The first-order valence-corrected chi connectivity index (χ1v) is 6.51. The van der Waals surface area contributed by atoms with Gasteiger partial charge in [-0.25, -0.2) is 4.98 Å². The largest absolute Gasteiger partial charge is 0.439 e. The van der Waals surface area contributed by atoms with Crippen molar-refractivity contribution in [3.8, 4) is 11.3 Å². The topological polar surface area (TPSA) is 68.0 Å². The second-order valence-electron chi connectivity index (χ2n) is 4.41. The van der Waals surface area contributed by atoms with Gasteiger partial charge in [-0.05, 0) is 12.1 Å². The van der Waals surface area contributed by atoms with Crippen molar-refractivity contribution in [2.24, 2.45) is 0 Å². The molecular weight excluding hydrogens is 266 g/mol. The molecule has 0 saturated carbocycles. The Morgan fingerprint density at radius 3 is 2.71 bits per heavy atom. The molecule has 2 aromatic heterocycles. The minimum absolute atomic E-state index is 0.206. The van der Waals surface area contributed by atoms with Gasteiger partial charge in [0.05, 0.1) is 18.3 Å². The van der Waals surface area contributed by atoms with Crippen LogP contribution in [0.15, 0.2) is 65.5 Å². The van der Waals surface area contributed by atoms with E-state index in [1.165, 1.54) is 6.20 Å². The van der Waals surface area contributed by atoms with Gasteiger partial charge in [0.25, 0.3) is 5.91 Å². The van der Waals surface area contributed by atoms with Crippen molar-refractivity contribution in [1.29, 1.82) is 0 Å². The summed E-state index contributed by atoms with van der Waals surface area (Å²) in [7, 11) is 0. The van der Waals surface area contributed by atoms with E-state index in [1.807, 2.05) is 30.3 Å². The maximum Gasteiger partial charge on any atom is 0.253 e. The zero-order valence-corrected chi connectivity index (χ0v) is 11.2. The molecule has 3 rings (SSSR count). The summed E-state index contributed by atoms with van der Waals surface area (Å²) >= 11 is 0. The van der Waals surface area contributed by atoms with Crippen molar-refractivity contribution < 1.29 is 9.21 Å². The monoisotopic (exact) mass is 279 g/mol. The number of carbonyl (C=O) groups excluding carboxylic acids is 1. The van der Waals surface area contributed by atoms with Crippen molar-refractivity contribution in [3.05, 3.63) is 72.5 Å². The molecule has 0 aliphatic rings. The molecule has 0 saturated heterocycles. The number of hydrogen-bond acceptors (Lipinski definition) is 4. The Kier molecular flexibility index (Phi) is 3.73. The summed E-state index contributed by atoms with van der Waals surface area (Å²) in [5, 5.41) is 2.74. The van der Waals surface area contributed by atoms with Crippen LogP contribution in [-0.4, -0.2) is 15.9 Å². The summed E-state index contributed by atoms with van der Waals surface area (Å²) in [6.45, 7) is 0.237. The molecule has 3 aromatic rings. The summed E-state index contributed by atoms with van der Waals surface area (Å²) < 4.78 is 5.61. The summed E-state index contributed by atoms with van der Waals surface area (Å²) in [5.74, 6) is 0.940. The second kappa shape index (κ2) is 6.00. The molecule has 2 heterocycles. The van der Waals surface area contributed by atoms with Gasteiger partial charge >= 0.3 is 0 Å². The van der Waals surface area contributed by atoms with Gasteiger partial charge in [0.2, 0.25) is 5.89 Å². The maximum absolute atomic E-state index is 11.9. The van der Waals surface area contributed by atoms with E-state index in [1.54, 1.807) is 24.5 Å². The highest BCUT2D eigenvalue weighted by Crippen LogP contribution is 2.19. The summed E-state index contributed by atoms with van der Waals surface area (Å²) in [6.07, 6.45) is 4.79. The first-order chi connectivity index (χ1) is 10.3. The average Bonchev–Trinajstić information content (AvgIpc) is 3.03. The third-order valence-electron chi connectivity index (χ3n) is 2.94. The fourth-order valence-corrected chi connectivity index (χ4v) is 1.88. The SMILES string of the molecule is O=C(NCc1ncc(-c2ccccc2)o1)c1cccnc1. The van der Waals surface area contributed by atoms with Gasteiger partial charge in [-0.2, -0.15) is 0 Å². The van der Waals surface area contributed by atoms with Gasteiger partial charge in [0, 0.05) is 18.0 Å². The normalized spacial score (nSPS) is 10.3. The standard InChI is InChI=1S/C16H13N3O2/c20-16(13-7-4-8-17-9-13)19-11-15-18-10-14(21-15)12-5-2-1-3-6-12/h1-10H,11H2,(H,19,20). The lowest BCUT2D eigenvalue weighted by Crippen LogP contribution is -2.22. The van der Waals surface area contributed by atoms with Crippen molar-refractivity contribution in [2.45, 2.75) is 6.54 Å². The molecule has 1 amide bonds. The van der Waals surface area contributed by atoms with Crippen molar-refractivity contribution in [3.63, 3.8) is 0 Å². The van der Waals surface area contributed by atoms with E-state index in [2.05, 4.69) is 15.3 Å². The van der Waals surface area contributed by atoms with Crippen LogP contribution in [0.2, 0.25) is 0 Å². The Labute approximate surface area is 121 Å². The molecule has 1 aromatic carbocycles. The molecular formula is C16H13N3O2. The molecule has 0 unspecified atom stereocenters. The average molecular weight is 279 g/mol. The number of carbonyl (C=O) groups is 1. The van der Waals surface area contributed by atoms with Crippen LogP contribution in [0.4, 0.5) is 0 Å². The quantitative estimate of drug-likeness (QED) is 0.797. The van der Waals surface area contributed by atoms with Crippen molar-refractivity contribution in [2.75, 3.05) is 0 Å². The van der Waals surface area contributed by atoms with Gasteiger partial charge in [-0.15, -0.1) is 0 Å². The number of nitrogens with zero attached hydrogens (tertiary/aromatic N) is 2. The predicted octanol–water partition coefficient (Wildman–Crippen LogP) is 2.67. The lowest BCUT2D eigenvalue weighted by Gasteiger charge is -2.01. The van der Waals surface area contributed by atoms with Gasteiger partial charge in [-0.1, -0.05) is 30.3 Å². The van der Waals surface area contributed by atoms with Gasteiger partial charge < -0.3 is 9.73 Å². The molecule has 5 nitrogen and oxygen atoms in total. The van der Waals surface area contributed by atoms with E-state index in [9.17, 15) is 4.79 Å². The molecule has 0 atom stereocenters.